The maximum atomic E-state index is 11.3. The minimum absolute atomic E-state index is 0.309. The van der Waals surface area contributed by atoms with Crippen molar-refractivity contribution in [2.24, 2.45) is 0 Å². The second-order valence-electron chi connectivity index (χ2n) is 2.93. The molecule has 1 aromatic heterocycles. The standard InChI is InChI=1S/C8H7N3O2/c1-4-6-2-5(3-9)10-8(12)7(6)11-13-4/h5H,2H2,1H3,(H,10,12). The van der Waals surface area contributed by atoms with Gasteiger partial charge in [-0.1, -0.05) is 5.16 Å². The van der Waals surface area contributed by atoms with E-state index in [0.717, 1.165) is 5.56 Å². The summed E-state index contributed by atoms with van der Waals surface area (Å²) >= 11 is 0. The van der Waals surface area contributed by atoms with E-state index in [9.17, 15) is 4.79 Å². The molecule has 1 amide bonds. The van der Waals surface area contributed by atoms with Crippen molar-refractivity contribution in [3.8, 4) is 6.07 Å². The molecule has 2 rings (SSSR count). The van der Waals surface area contributed by atoms with Crippen LogP contribution >= 0.6 is 0 Å². The molecule has 1 aromatic rings. The lowest BCUT2D eigenvalue weighted by Gasteiger charge is -2.15. The normalized spacial score (nSPS) is 20.3. The van der Waals surface area contributed by atoms with Crippen molar-refractivity contribution in [1.82, 2.24) is 10.5 Å². The predicted octanol–water partition coefficient (Wildman–Crippen LogP) is 0.161. The first kappa shape index (κ1) is 7.80. The van der Waals surface area contributed by atoms with Gasteiger partial charge in [-0.3, -0.25) is 4.79 Å². The predicted molar refractivity (Wildman–Crippen MR) is 41.8 cm³/mol. The minimum Gasteiger partial charge on any atom is -0.361 e. The fraction of sp³-hybridized carbons (Fsp3) is 0.375. The molecule has 5 heteroatoms. The van der Waals surface area contributed by atoms with Crippen molar-refractivity contribution in [3.05, 3.63) is 17.0 Å². The van der Waals surface area contributed by atoms with Crippen LogP contribution in [0.2, 0.25) is 0 Å². The Morgan fingerprint density at radius 2 is 2.54 bits per heavy atom. The Balaban J connectivity index is 2.46. The lowest BCUT2D eigenvalue weighted by atomic mass is 10.0. The third-order valence-corrected chi connectivity index (χ3v) is 2.07. The van der Waals surface area contributed by atoms with Crippen molar-refractivity contribution in [2.45, 2.75) is 19.4 Å². The molecule has 1 aliphatic rings. The van der Waals surface area contributed by atoms with Gasteiger partial charge >= 0.3 is 0 Å². The third kappa shape index (κ3) is 1.07. The molecule has 0 fully saturated rings. The molecule has 66 valence electrons. The summed E-state index contributed by atoms with van der Waals surface area (Å²) < 4.78 is 4.86. The number of carbonyl (C=O) groups is 1. The number of rotatable bonds is 0. The smallest absolute Gasteiger partial charge is 0.274 e. The quantitative estimate of drug-likeness (QED) is 0.612. The maximum Gasteiger partial charge on any atom is 0.274 e. The molecule has 0 spiro atoms. The third-order valence-electron chi connectivity index (χ3n) is 2.07. The maximum absolute atomic E-state index is 11.3. The van der Waals surface area contributed by atoms with E-state index < -0.39 is 6.04 Å². The van der Waals surface area contributed by atoms with Crippen LogP contribution in [-0.2, 0) is 6.42 Å². The van der Waals surface area contributed by atoms with Gasteiger partial charge in [0.2, 0.25) is 0 Å². The zero-order valence-corrected chi connectivity index (χ0v) is 7.00. The van der Waals surface area contributed by atoms with Crippen LogP contribution in [0.15, 0.2) is 4.52 Å². The Kier molecular flexibility index (Phi) is 1.55. The van der Waals surface area contributed by atoms with E-state index in [-0.39, 0.29) is 5.91 Å². The Bertz CT molecular complexity index is 402. The fourth-order valence-electron chi connectivity index (χ4n) is 1.37. The van der Waals surface area contributed by atoms with Gasteiger partial charge in [-0.15, -0.1) is 0 Å². The molecule has 0 aliphatic carbocycles. The fourth-order valence-corrected chi connectivity index (χ4v) is 1.37. The largest absolute Gasteiger partial charge is 0.361 e. The van der Waals surface area contributed by atoms with Gasteiger partial charge in [0, 0.05) is 12.0 Å². The lowest BCUT2D eigenvalue weighted by Crippen LogP contribution is -2.40. The van der Waals surface area contributed by atoms with E-state index in [1.807, 2.05) is 6.07 Å². The van der Waals surface area contributed by atoms with Crippen molar-refractivity contribution in [1.29, 1.82) is 5.26 Å². The molecule has 1 N–H and O–H groups in total. The first-order chi connectivity index (χ1) is 6.22. The monoisotopic (exact) mass is 177 g/mol. The van der Waals surface area contributed by atoms with Crippen molar-refractivity contribution < 1.29 is 9.32 Å². The molecule has 1 atom stereocenters. The first-order valence-corrected chi connectivity index (χ1v) is 3.88. The number of nitrogens with zero attached hydrogens (tertiary/aromatic N) is 2. The SMILES string of the molecule is Cc1onc2c1CC(C#N)NC2=O. The van der Waals surface area contributed by atoms with Crippen LogP contribution in [0, 0.1) is 18.3 Å². The minimum atomic E-state index is -0.460. The van der Waals surface area contributed by atoms with Crippen LogP contribution in [0.1, 0.15) is 21.8 Å². The van der Waals surface area contributed by atoms with Crippen molar-refractivity contribution >= 4 is 5.91 Å². The average Bonchev–Trinajstić information content (AvgIpc) is 2.48. The van der Waals surface area contributed by atoms with Gasteiger partial charge in [0.15, 0.2) is 5.69 Å². The molecule has 2 heterocycles. The van der Waals surface area contributed by atoms with Gasteiger partial charge < -0.3 is 9.84 Å². The highest BCUT2D eigenvalue weighted by atomic mass is 16.5. The Morgan fingerprint density at radius 1 is 1.77 bits per heavy atom. The molecule has 0 saturated heterocycles. The summed E-state index contributed by atoms with van der Waals surface area (Å²) in [5.74, 6) is 0.287. The zero-order chi connectivity index (χ0) is 9.42. The molecule has 0 saturated carbocycles. The summed E-state index contributed by atoms with van der Waals surface area (Å²) in [5, 5.41) is 14.8. The second kappa shape index (κ2) is 2.59. The summed E-state index contributed by atoms with van der Waals surface area (Å²) in [6.45, 7) is 1.73. The molecule has 0 bridgehead atoms. The second-order valence-corrected chi connectivity index (χ2v) is 2.93. The summed E-state index contributed by atoms with van der Waals surface area (Å²) in [6.07, 6.45) is 0.479. The van der Waals surface area contributed by atoms with Gasteiger partial charge in [0.1, 0.15) is 11.8 Å². The molecular formula is C8H7N3O2. The Labute approximate surface area is 74.3 Å². The van der Waals surface area contributed by atoms with Gasteiger partial charge in [0.05, 0.1) is 6.07 Å². The number of fused-ring (bicyclic) bond motifs is 1. The molecule has 13 heavy (non-hydrogen) atoms. The van der Waals surface area contributed by atoms with Crippen molar-refractivity contribution in [2.75, 3.05) is 0 Å². The van der Waals surface area contributed by atoms with Crippen LogP contribution in [0.5, 0.6) is 0 Å². The van der Waals surface area contributed by atoms with E-state index >= 15 is 0 Å². The highest BCUT2D eigenvalue weighted by molar-refractivity contribution is 5.95. The number of aromatic nitrogens is 1. The van der Waals surface area contributed by atoms with Gasteiger partial charge in [-0.2, -0.15) is 5.26 Å². The van der Waals surface area contributed by atoms with Crippen molar-refractivity contribution in [3.63, 3.8) is 0 Å². The number of amides is 1. The molecule has 5 nitrogen and oxygen atoms in total. The van der Waals surface area contributed by atoms with Crippen LogP contribution in [0.25, 0.3) is 0 Å². The zero-order valence-electron chi connectivity index (χ0n) is 7.00. The van der Waals surface area contributed by atoms with Crippen LogP contribution in [0.4, 0.5) is 0 Å². The number of aryl methyl sites for hydroxylation is 1. The number of nitrogens with one attached hydrogen (secondary N) is 1. The summed E-state index contributed by atoms with van der Waals surface area (Å²) in [4.78, 5) is 11.3. The van der Waals surface area contributed by atoms with Gasteiger partial charge in [0.25, 0.3) is 5.91 Å². The van der Waals surface area contributed by atoms with E-state index in [1.165, 1.54) is 0 Å². The number of carbonyl (C=O) groups excluding carboxylic acids is 1. The van der Waals surface area contributed by atoms with Crippen LogP contribution in [-0.4, -0.2) is 17.1 Å². The highest BCUT2D eigenvalue weighted by Gasteiger charge is 2.29. The van der Waals surface area contributed by atoms with E-state index in [2.05, 4.69) is 10.5 Å². The van der Waals surface area contributed by atoms with Crippen LogP contribution < -0.4 is 5.32 Å². The first-order valence-electron chi connectivity index (χ1n) is 3.88. The molecule has 1 aliphatic heterocycles. The number of hydrogen-bond donors (Lipinski definition) is 1. The summed E-state index contributed by atoms with van der Waals surface area (Å²) in [7, 11) is 0. The Hall–Kier alpha value is -1.83. The van der Waals surface area contributed by atoms with E-state index in [0.29, 0.717) is 17.9 Å². The topological polar surface area (TPSA) is 78.9 Å². The van der Waals surface area contributed by atoms with E-state index in [1.54, 1.807) is 6.92 Å². The average molecular weight is 177 g/mol. The number of hydrogen-bond acceptors (Lipinski definition) is 4. The Morgan fingerprint density at radius 3 is 3.23 bits per heavy atom. The summed E-state index contributed by atoms with van der Waals surface area (Å²) in [6, 6.07) is 1.53. The number of nitriles is 1. The van der Waals surface area contributed by atoms with E-state index in [4.69, 9.17) is 9.78 Å². The van der Waals surface area contributed by atoms with Crippen LogP contribution in [0.3, 0.4) is 0 Å². The van der Waals surface area contributed by atoms with Gasteiger partial charge in [-0.05, 0) is 6.92 Å². The molecular weight excluding hydrogens is 170 g/mol. The lowest BCUT2D eigenvalue weighted by molar-refractivity contribution is 0.0927. The molecule has 0 radical (unpaired) electrons. The summed E-state index contributed by atoms with van der Waals surface area (Å²) in [5.41, 5.74) is 1.05. The van der Waals surface area contributed by atoms with Gasteiger partial charge in [-0.25, -0.2) is 0 Å². The highest BCUT2D eigenvalue weighted by Crippen LogP contribution is 2.19. The molecule has 1 unspecified atom stereocenters. The molecule has 0 aromatic carbocycles.